The number of nitrogens with one attached hydrogen (secondary N) is 1. The van der Waals surface area contributed by atoms with E-state index in [4.69, 9.17) is 10.4 Å². The summed E-state index contributed by atoms with van der Waals surface area (Å²) < 4.78 is 1.86. The van der Waals surface area contributed by atoms with E-state index in [9.17, 15) is 4.79 Å². The van der Waals surface area contributed by atoms with E-state index in [1.54, 1.807) is 18.3 Å². The zero-order chi connectivity index (χ0) is 24.2. The highest BCUT2D eigenvalue weighted by molar-refractivity contribution is 6.08. The van der Waals surface area contributed by atoms with Crippen molar-refractivity contribution in [3.8, 4) is 11.3 Å². The van der Waals surface area contributed by atoms with Crippen molar-refractivity contribution in [1.82, 2.24) is 19.4 Å². The number of aryl methyl sites for hydroxylation is 1. The quantitative estimate of drug-likeness (QED) is 0.482. The van der Waals surface area contributed by atoms with E-state index in [0.29, 0.717) is 5.71 Å². The molecule has 0 radical (unpaired) electrons. The Morgan fingerprint density at radius 1 is 1.08 bits per heavy atom. The Morgan fingerprint density at radius 3 is 2.53 bits per heavy atom. The van der Waals surface area contributed by atoms with Crippen LogP contribution in [0.4, 0.5) is 0 Å². The van der Waals surface area contributed by atoms with Crippen molar-refractivity contribution in [3.63, 3.8) is 0 Å². The van der Waals surface area contributed by atoms with Crippen LogP contribution in [0.3, 0.4) is 0 Å². The predicted octanol–water partition coefficient (Wildman–Crippen LogP) is 4.83. The van der Waals surface area contributed by atoms with Crippen molar-refractivity contribution in [2.45, 2.75) is 58.0 Å². The van der Waals surface area contributed by atoms with E-state index in [-0.39, 0.29) is 18.5 Å². The first-order valence-corrected chi connectivity index (χ1v) is 12.7. The number of rotatable bonds is 7. The number of likely N-dealkylation sites (tertiary alicyclic amines) is 1. The Bertz CT molecular complexity index is 1290. The summed E-state index contributed by atoms with van der Waals surface area (Å²) in [5, 5.41) is 8.53. The fourth-order valence-electron chi connectivity index (χ4n) is 5.13. The number of allylic oxidation sites excluding steroid dienone is 1. The van der Waals surface area contributed by atoms with Crippen LogP contribution in [0.15, 0.2) is 59.7 Å². The first kappa shape index (κ1) is 25.7. The molecule has 3 heterocycles. The zero-order valence-corrected chi connectivity index (χ0v) is 20.9. The molecule has 2 aromatic heterocycles. The van der Waals surface area contributed by atoms with Gasteiger partial charge in [-0.05, 0) is 75.0 Å². The molecule has 0 unspecified atom stereocenters. The van der Waals surface area contributed by atoms with Gasteiger partial charge in [0.2, 0.25) is 0 Å². The van der Waals surface area contributed by atoms with E-state index in [1.807, 2.05) is 42.0 Å². The monoisotopic (exact) mass is 487 g/mol. The van der Waals surface area contributed by atoms with E-state index in [0.717, 1.165) is 47.6 Å². The van der Waals surface area contributed by atoms with Crippen molar-refractivity contribution < 1.29 is 6.90 Å². The molecule has 5 rings (SSSR count). The van der Waals surface area contributed by atoms with Gasteiger partial charge in [0.25, 0.3) is 5.56 Å². The van der Waals surface area contributed by atoms with Crippen LogP contribution < -0.4 is 5.56 Å². The van der Waals surface area contributed by atoms with Gasteiger partial charge < -0.3 is 15.5 Å². The second kappa shape index (κ2) is 11.5. The SMILES string of the molecule is Cc1ncc(-c2ccc(=O)n(C3CCCC3)c2)nc1/C=C/C(=N)c1ccc(CN2CCCC2)cc1.O.[HH]. The lowest BCUT2D eigenvalue weighted by molar-refractivity contribution is 0.331. The van der Waals surface area contributed by atoms with Crippen molar-refractivity contribution in [2.75, 3.05) is 13.1 Å². The Kier molecular flexibility index (Phi) is 8.23. The molecule has 0 amide bonds. The van der Waals surface area contributed by atoms with Crippen LogP contribution in [0.1, 0.15) is 68.5 Å². The normalized spacial score (nSPS) is 16.5. The number of aromatic nitrogens is 3. The van der Waals surface area contributed by atoms with Crippen LogP contribution in [0.5, 0.6) is 0 Å². The molecule has 0 atom stereocenters. The third-order valence-corrected chi connectivity index (χ3v) is 7.22. The fourth-order valence-corrected chi connectivity index (χ4v) is 5.13. The average molecular weight is 488 g/mol. The van der Waals surface area contributed by atoms with E-state index < -0.39 is 0 Å². The molecule has 2 fully saturated rings. The lowest BCUT2D eigenvalue weighted by atomic mass is 10.1. The summed E-state index contributed by atoms with van der Waals surface area (Å²) >= 11 is 0. The molecular weight excluding hydrogens is 450 g/mol. The molecule has 7 nitrogen and oxygen atoms in total. The van der Waals surface area contributed by atoms with Crippen LogP contribution in [0.2, 0.25) is 0 Å². The van der Waals surface area contributed by atoms with Crippen molar-refractivity contribution in [1.29, 1.82) is 5.41 Å². The third-order valence-electron chi connectivity index (χ3n) is 7.22. The topological polar surface area (TPSA) is 106 Å². The number of nitrogens with zero attached hydrogens (tertiary/aromatic N) is 4. The number of hydrogen-bond donors (Lipinski definition) is 1. The fraction of sp³-hybridized carbons (Fsp3) is 0.379. The van der Waals surface area contributed by atoms with Gasteiger partial charge in [-0.25, -0.2) is 4.98 Å². The Hall–Kier alpha value is -3.42. The van der Waals surface area contributed by atoms with E-state index in [2.05, 4.69) is 22.0 Å². The summed E-state index contributed by atoms with van der Waals surface area (Å²) in [6.07, 6.45) is 14.4. The van der Waals surface area contributed by atoms with Gasteiger partial charge in [0, 0.05) is 31.8 Å². The molecule has 1 aliphatic carbocycles. The van der Waals surface area contributed by atoms with Gasteiger partial charge in [-0.2, -0.15) is 0 Å². The van der Waals surface area contributed by atoms with E-state index >= 15 is 0 Å². The predicted molar refractivity (Wildman–Crippen MR) is 147 cm³/mol. The molecule has 0 spiro atoms. The van der Waals surface area contributed by atoms with Crippen molar-refractivity contribution in [2.24, 2.45) is 0 Å². The highest BCUT2D eigenvalue weighted by Crippen LogP contribution is 2.29. The second-order valence-corrected chi connectivity index (χ2v) is 9.75. The summed E-state index contributed by atoms with van der Waals surface area (Å²) in [7, 11) is 0. The average Bonchev–Trinajstić information content (AvgIpc) is 3.59. The van der Waals surface area contributed by atoms with Crippen molar-refractivity contribution in [3.05, 3.63) is 87.7 Å². The minimum Gasteiger partial charge on any atom is -0.412 e. The van der Waals surface area contributed by atoms with Crippen LogP contribution in [0, 0.1) is 12.3 Å². The van der Waals surface area contributed by atoms with Gasteiger partial charge in [0.05, 0.1) is 29.0 Å². The molecule has 3 aromatic rings. The van der Waals surface area contributed by atoms with Crippen LogP contribution >= 0.6 is 0 Å². The summed E-state index contributed by atoms with van der Waals surface area (Å²) in [5.74, 6) is 0. The largest absolute Gasteiger partial charge is 0.412 e. The van der Waals surface area contributed by atoms with Gasteiger partial charge >= 0.3 is 0 Å². The first-order chi connectivity index (χ1) is 17.1. The molecule has 1 saturated heterocycles. The molecule has 1 aliphatic heterocycles. The summed E-state index contributed by atoms with van der Waals surface area (Å²) in [5.41, 5.74) is 5.83. The van der Waals surface area contributed by atoms with E-state index in [1.165, 1.54) is 44.3 Å². The maximum absolute atomic E-state index is 12.4. The maximum atomic E-state index is 12.4. The molecular formula is C29H37N5O2. The van der Waals surface area contributed by atoms with Gasteiger partial charge in [-0.1, -0.05) is 37.1 Å². The maximum Gasteiger partial charge on any atom is 0.250 e. The summed E-state index contributed by atoms with van der Waals surface area (Å²) in [6.45, 7) is 5.27. The lowest BCUT2D eigenvalue weighted by Crippen LogP contribution is -2.22. The molecule has 1 aromatic carbocycles. The standard InChI is InChI=1S/C29H33N5O.H2O.H2/c1-21-27(14-13-26(30)23-10-8-22(9-11-23)19-33-16-4-5-17-33)32-28(18-31-21)24-12-15-29(35)34(20-24)25-6-2-3-7-25;;/h8-15,18,20,25,30H,2-7,16-17,19H2,1H3;1H2;1H/b14-13+,30-26?;;. The molecule has 190 valence electrons. The first-order valence-electron chi connectivity index (χ1n) is 12.7. The Balaban J connectivity index is 0.00000190. The zero-order valence-electron chi connectivity index (χ0n) is 20.9. The molecule has 7 heteroatoms. The van der Waals surface area contributed by atoms with Crippen molar-refractivity contribution >= 4 is 11.8 Å². The molecule has 2 aliphatic rings. The highest BCUT2D eigenvalue weighted by atomic mass is 16.1. The number of pyridine rings is 1. The Labute approximate surface area is 213 Å². The molecule has 36 heavy (non-hydrogen) atoms. The molecule has 0 bridgehead atoms. The second-order valence-electron chi connectivity index (χ2n) is 9.75. The number of benzene rings is 1. The minimum atomic E-state index is 0. The Morgan fingerprint density at radius 2 is 1.81 bits per heavy atom. The number of hydrogen-bond acceptors (Lipinski definition) is 5. The third kappa shape index (κ3) is 5.86. The summed E-state index contributed by atoms with van der Waals surface area (Å²) in [4.78, 5) is 24.3. The lowest BCUT2D eigenvalue weighted by Gasteiger charge is -2.15. The molecule has 1 saturated carbocycles. The minimum absolute atomic E-state index is 0. The highest BCUT2D eigenvalue weighted by Gasteiger charge is 2.18. The summed E-state index contributed by atoms with van der Waals surface area (Å²) in [6, 6.07) is 12.0. The molecule has 3 N–H and O–H groups in total. The van der Waals surface area contributed by atoms with Crippen LogP contribution in [-0.2, 0) is 6.54 Å². The van der Waals surface area contributed by atoms with Gasteiger partial charge in [-0.3, -0.25) is 14.7 Å². The van der Waals surface area contributed by atoms with Gasteiger partial charge in [0.1, 0.15) is 0 Å². The van der Waals surface area contributed by atoms with Gasteiger partial charge in [0.15, 0.2) is 0 Å². The van der Waals surface area contributed by atoms with Gasteiger partial charge in [-0.15, -0.1) is 0 Å². The smallest absolute Gasteiger partial charge is 0.250 e. The van der Waals surface area contributed by atoms with Crippen LogP contribution in [0.25, 0.3) is 17.3 Å². The van der Waals surface area contributed by atoms with Crippen LogP contribution in [-0.4, -0.2) is 43.7 Å².